The van der Waals surface area contributed by atoms with Gasteiger partial charge in [0.15, 0.2) is 0 Å². The lowest BCUT2D eigenvalue weighted by Gasteiger charge is -2.43. The molecule has 2 saturated carbocycles. The molecular weight excluding hydrogens is 374 g/mol. The van der Waals surface area contributed by atoms with E-state index in [0.29, 0.717) is 19.3 Å². The summed E-state index contributed by atoms with van der Waals surface area (Å²) in [5.74, 6) is 5.63. The first-order valence-corrected chi connectivity index (χ1v) is 10.8. The van der Waals surface area contributed by atoms with Crippen LogP contribution >= 0.6 is 0 Å². The van der Waals surface area contributed by atoms with E-state index in [0.717, 1.165) is 47.9 Å². The molecule has 0 heterocycles. The summed E-state index contributed by atoms with van der Waals surface area (Å²) in [5, 5.41) is 8.67. The summed E-state index contributed by atoms with van der Waals surface area (Å²) in [5.41, 5.74) is 3.43. The number of hydrogen-bond acceptors (Lipinski definition) is 4. The molecule has 0 aliphatic heterocycles. The van der Waals surface area contributed by atoms with Crippen LogP contribution in [0, 0.1) is 48.4 Å². The van der Waals surface area contributed by atoms with Crippen molar-refractivity contribution in [1.82, 2.24) is 0 Å². The molecule has 1 aromatic carbocycles. The third kappa shape index (κ3) is 4.54. The van der Waals surface area contributed by atoms with Crippen molar-refractivity contribution in [3.63, 3.8) is 0 Å². The zero-order valence-corrected chi connectivity index (χ0v) is 18.1. The monoisotopic (exact) mass is 403 g/mol. The standard InChI is InChI=1S/C26H29NO3/c1-4-5-20-12-17(2)24(18(3)13-20)25-22(29)15-26(16-23(25)30)9-6-19(7-10-26)14-21(28)8-11-27/h12-13,19,25H,6-10,14-16H2,1-3H3. The highest BCUT2D eigenvalue weighted by molar-refractivity contribution is 6.10. The summed E-state index contributed by atoms with van der Waals surface area (Å²) in [4.78, 5) is 38.2. The molecule has 0 aromatic heterocycles. The van der Waals surface area contributed by atoms with Gasteiger partial charge in [-0.25, -0.2) is 0 Å². The molecule has 3 rings (SSSR count). The lowest BCUT2D eigenvalue weighted by Crippen LogP contribution is -2.42. The second kappa shape index (κ2) is 8.97. The molecule has 4 nitrogen and oxygen atoms in total. The van der Waals surface area contributed by atoms with E-state index in [1.54, 1.807) is 6.92 Å². The Kier molecular flexibility index (Phi) is 6.57. The molecular formula is C26H29NO3. The fourth-order valence-corrected chi connectivity index (χ4v) is 5.48. The summed E-state index contributed by atoms with van der Waals surface area (Å²) in [6.07, 6.45) is 4.63. The lowest BCUT2D eigenvalue weighted by molar-refractivity contribution is -0.138. The smallest absolute Gasteiger partial charge is 0.148 e. The van der Waals surface area contributed by atoms with Crippen LogP contribution in [0.25, 0.3) is 0 Å². The van der Waals surface area contributed by atoms with E-state index < -0.39 is 5.92 Å². The van der Waals surface area contributed by atoms with E-state index in [4.69, 9.17) is 5.26 Å². The first-order valence-electron chi connectivity index (χ1n) is 10.8. The molecule has 0 atom stereocenters. The molecule has 0 N–H and O–H groups in total. The van der Waals surface area contributed by atoms with Gasteiger partial charge in [-0.1, -0.05) is 5.92 Å². The Balaban J connectivity index is 1.74. The Hall–Kier alpha value is -2.72. The molecule has 0 bridgehead atoms. The summed E-state index contributed by atoms with van der Waals surface area (Å²) < 4.78 is 0. The van der Waals surface area contributed by atoms with Gasteiger partial charge in [-0.3, -0.25) is 14.4 Å². The van der Waals surface area contributed by atoms with Gasteiger partial charge in [-0.05, 0) is 86.6 Å². The van der Waals surface area contributed by atoms with Crippen molar-refractivity contribution in [2.45, 2.75) is 78.1 Å². The number of Topliss-reactive ketones (excluding diaryl/α,β-unsaturated/α-hetero) is 3. The van der Waals surface area contributed by atoms with Gasteiger partial charge < -0.3 is 0 Å². The van der Waals surface area contributed by atoms with Gasteiger partial charge in [0.25, 0.3) is 0 Å². The summed E-state index contributed by atoms with van der Waals surface area (Å²) in [6.45, 7) is 5.70. The normalized spacial score (nSPS) is 26.1. The largest absolute Gasteiger partial charge is 0.299 e. The van der Waals surface area contributed by atoms with Crippen LogP contribution in [0.5, 0.6) is 0 Å². The molecule has 0 saturated heterocycles. The number of aryl methyl sites for hydroxylation is 2. The van der Waals surface area contributed by atoms with Crippen LogP contribution in [0.4, 0.5) is 0 Å². The predicted molar refractivity (Wildman–Crippen MR) is 115 cm³/mol. The highest BCUT2D eigenvalue weighted by Crippen LogP contribution is 2.50. The minimum atomic E-state index is -0.658. The Morgan fingerprint density at radius 3 is 2.17 bits per heavy atom. The Labute approximate surface area is 179 Å². The van der Waals surface area contributed by atoms with Crippen LogP contribution in [-0.4, -0.2) is 17.3 Å². The van der Waals surface area contributed by atoms with Crippen molar-refractivity contribution in [3.05, 3.63) is 34.4 Å². The predicted octanol–water partition coefficient (Wildman–Crippen LogP) is 4.74. The average Bonchev–Trinajstić information content (AvgIpc) is 2.66. The molecule has 1 aromatic rings. The molecule has 2 fully saturated rings. The van der Waals surface area contributed by atoms with Crippen LogP contribution in [0.2, 0.25) is 0 Å². The molecule has 0 amide bonds. The molecule has 4 heteroatoms. The lowest BCUT2D eigenvalue weighted by atomic mass is 9.59. The number of rotatable bonds is 4. The number of nitriles is 1. The Bertz CT molecular complexity index is 935. The van der Waals surface area contributed by atoms with Gasteiger partial charge >= 0.3 is 0 Å². The molecule has 30 heavy (non-hydrogen) atoms. The fourth-order valence-electron chi connectivity index (χ4n) is 5.48. The quantitative estimate of drug-likeness (QED) is 0.537. The van der Waals surface area contributed by atoms with Crippen LogP contribution in [0.15, 0.2) is 12.1 Å². The molecule has 1 spiro atoms. The van der Waals surface area contributed by atoms with Crippen LogP contribution in [-0.2, 0) is 14.4 Å². The Morgan fingerprint density at radius 1 is 1.10 bits per heavy atom. The van der Waals surface area contributed by atoms with Crippen molar-refractivity contribution in [2.75, 3.05) is 0 Å². The molecule has 156 valence electrons. The second-order valence-corrected chi connectivity index (χ2v) is 9.14. The summed E-state index contributed by atoms with van der Waals surface area (Å²) >= 11 is 0. The van der Waals surface area contributed by atoms with Crippen LogP contribution < -0.4 is 0 Å². The number of hydrogen-bond donors (Lipinski definition) is 0. The third-order valence-corrected chi connectivity index (χ3v) is 6.85. The fraction of sp³-hybridized carbons (Fsp3) is 0.538. The maximum atomic E-state index is 13.2. The molecule has 0 radical (unpaired) electrons. The maximum absolute atomic E-state index is 13.2. The van der Waals surface area contributed by atoms with E-state index >= 15 is 0 Å². The van der Waals surface area contributed by atoms with E-state index in [9.17, 15) is 14.4 Å². The van der Waals surface area contributed by atoms with Gasteiger partial charge in [-0.2, -0.15) is 5.26 Å². The minimum absolute atomic E-state index is 0.00327. The SMILES string of the molecule is CC#Cc1cc(C)c(C2C(=O)CC3(CCC(CC(=O)CC#N)CC3)CC2=O)c(C)c1. The first-order chi connectivity index (χ1) is 14.3. The van der Waals surface area contributed by atoms with Gasteiger partial charge in [0.05, 0.1) is 12.5 Å². The highest BCUT2D eigenvalue weighted by Gasteiger charge is 2.47. The summed E-state index contributed by atoms with van der Waals surface area (Å²) in [7, 11) is 0. The second-order valence-electron chi connectivity index (χ2n) is 9.14. The molecule has 2 aliphatic carbocycles. The van der Waals surface area contributed by atoms with Gasteiger partial charge in [-0.15, -0.1) is 5.92 Å². The topological polar surface area (TPSA) is 75.0 Å². The zero-order valence-electron chi connectivity index (χ0n) is 18.1. The van der Waals surface area contributed by atoms with E-state index in [2.05, 4.69) is 11.8 Å². The van der Waals surface area contributed by atoms with E-state index in [1.807, 2.05) is 32.0 Å². The maximum Gasteiger partial charge on any atom is 0.148 e. The van der Waals surface area contributed by atoms with E-state index in [-0.39, 0.29) is 35.1 Å². The van der Waals surface area contributed by atoms with Crippen LogP contribution in [0.1, 0.15) is 86.5 Å². The number of nitrogens with zero attached hydrogens (tertiary/aromatic N) is 1. The van der Waals surface area contributed by atoms with Crippen molar-refractivity contribution >= 4 is 17.3 Å². The number of benzene rings is 1. The van der Waals surface area contributed by atoms with E-state index in [1.165, 1.54) is 0 Å². The average molecular weight is 404 g/mol. The minimum Gasteiger partial charge on any atom is -0.299 e. The number of carbonyl (C=O) groups is 3. The Morgan fingerprint density at radius 2 is 1.67 bits per heavy atom. The first kappa shape index (κ1) is 22.0. The zero-order chi connectivity index (χ0) is 21.9. The summed E-state index contributed by atoms with van der Waals surface area (Å²) in [6, 6.07) is 5.85. The molecule has 2 aliphatic rings. The number of ketones is 3. The van der Waals surface area contributed by atoms with Crippen molar-refractivity contribution < 1.29 is 14.4 Å². The highest BCUT2D eigenvalue weighted by atomic mass is 16.2. The van der Waals surface area contributed by atoms with Crippen molar-refractivity contribution in [1.29, 1.82) is 5.26 Å². The third-order valence-electron chi connectivity index (χ3n) is 6.85. The van der Waals surface area contributed by atoms with Crippen molar-refractivity contribution in [2.24, 2.45) is 11.3 Å². The van der Waals surface area contributed by atoms with Gasteiger partial charge in [0.2, 0.25) is 0 Å². The van der Waals surface area contributed by atoms with Gasteiger partial charge in [0, 0.05) is 24.8 Å². The van der Waals surface area contributed by atoms with Gasteiger partial charge in [0.1, 0.15) is 23.3 Å². The van der Waals surface area contributed by atoms with Crippen LogP contribution in [0.3, 0.4) is 0 Å². The number of carbonyl (C=O) groups excluding carboxylic acids is 3. The van der Waals surface area contributed by atoms with Crippen molar-refractivity contribution in [3.8, 4) is 17.9 Å². The molecule has 0 unspecified atom stereocenters.